The summed E-state index contributed by atoms with van der Waals surface area (Å²) in [5.74, 6) is -0.780. The highest BCUT2D eigenvalue weighted by molar-refractivity contribution is 8.02. The molecule has 168 valence electrons. The Morgan fingerprint density at radius 3 is 2.42 bits per heavy atom. The fraction of sp³-hybridized carbons (Fsp3) is 0.259. The molecule has 0 aromatic heterocycles. The number of anilines is 1. The zero-order chi connectivity index (χ0) is 23.4. The highest BCUT2D eigenvalue weighted by Crippen LogP contribution is 2.60. The standard InChI is InChI=1S/C27H25FN2O2S/c1-18-9-14-23-22(15-18)27(25(32)29(23)16-19-7-5-4-6-8-19)30(17-26(2,3)33-27)24(31)20-10-12-21(28)13-11-20/h4-15H,16-17H2,1-3H3. The first-order valence-corrected chi connectivity index (χ1v) is 11.8. The van der Waals surface area contributed by atoms with Crippen LogP contribution in [0.3, 0.4) is 0 Å². The molecule has 6 heteroatoms. The minimum absolute atomic E-state index is 0.113. The fourth-order valence-corrected chi connectivity index (χ4v) is 6.51. The van der Waals surface area contributed by atoms with Gasteiger partial charge in [-0.1, -0.05) is 48.0 Å². The molecule has 0 N–H and O–H groups in total. The van der Waals surface area contributed by atoms with Crippen molar-refractivity contribution in [1.82, 2.24) is 4.90 Å². The van der Waals surface area contributed by atoms with Gasteiger partial charge in [0.1, 0.15) is 5.82 Å². The van der Waals surface area contributed by atoms with Gasteiger partial charge in [-0.2, -0.15) is 0 Å². The van der Waals surface area contributed by atoms with Gasteiger partial charge in [-0.3, -0.25) is 9.59 Å². The predicted octanol–water partition coefficient (Wildman–Crippen LogP) is 5.50. The molecule has 0 bridgehead atoms. The molecule has 3 aromatic carbocycles. The number of aryl methyl sites for hydroxylation is 1. The fourth-order valence-electron chi connectivity index (χ4n) is 4.79. The minimum atomic E-state index is -1.16. The van der Waals surface area contributed by atoms with Crippen LogP contribution in [0.25, 0.3) is 0 Å². The molecule has 0 saturated carbocycles. The Kier molecular flexibility index (Phi) is 5.09. The summed E-state index contributed by atoms with van der Waals surface area (Å²) in [6.07, 6.45) is 0. The van der Waals surface area contributed by atoms with E-state index in [4.69, 9.17) is 0 Å². The lowest BCUT2D eigenvalue weighted by Gasteiger charge is -2.33. The summed E-state index contributed by atoms with van der Waals surface area (Å²) in [6.45, 7) is 6.94. The van der Waals surface area contributed by atoms with Gasteiger partial charge in [0.05, 0.1) is 12.2 Å². The Balaban J connectivity index is 1.65. The third kappa shape index (κ3) is 3.53. The van der Waals surface area contributed by atoms with Crippen molar-refractivity contribution in [2.75, 3.05) is 11.4 Å². The number of fused-ring (bicyclic) bond motifs is 2. The first kappa shape index (κ1) is 21.7. The third-order valence-corrected chi connectivity index (χ3v) is 7.80. The molecule has 0 aliphatic carbocycles. The summed E-state index contributed by atoms with van der Waals surface area (Å²) < 4.78 is 13.2. The molecule has 2 aliphatic rings. The number of carbonyl (C=O) groups is 2. The van der Waals surface area contributed by atoms with Crippen LogP contribution in [-0.4, -0.2) is 28.0 Å². The van der Waals surface area contributed by atoms with Crippen LogP contribution in [-0.2, 0) is 16.2 Å². The van der Waals surface area contributed by atoms with Gasteiger partial charge >= 0.3 is 0 Å². The number of benzene rings is 3. The molecule has 1 saturated heterocycles. The summed E-state index contributed by atoms with van der Waals surface area (Å²) in [5.41, 5.74) is 4.10. The molecule has 4 nitrogen and oxygen atoms in total. The van der Waals surface area contributed by atoms with E-state index in [1.807, 2.05) is 55.5 Å². The van der Waals surface area contributed by atoms with Gasteiger partial charge in [-0.05, 0) is 56.7 Å². The van der Waals surface area contributed by atoms with E-state index in [9.17, 15) is 14.0 Å². The van der Waals surface area contributed by atoms with E-state index in [0.29, 0.717) is 18.7 Å². The van der Waals surface area contributed by atoms with Crippen molar-refractivity contribution >= 4 is 29.3 Å². The zero-order valence-corrected chi connectivity index (χ0v) is 19.7. The Morgan fingerprint density at radius 2 is 1.73 bits per heavy atom. The molecule has 1 atom stereocenters. The summed E-state index contributed by atoms with van der Waals surface area (Å²) in [5, 5.41) is 0. The quantitative estimate of drug-likeness (QED) is 0.518. The molecule has 1 fully saturated rings. The molecular formula is C27H25FN2O2S. The molecule has 0 radical (unpaired) electrons. The number of nitrogens with zero attached hydrogens (tertiary/aromatic N) is 2. The van der Waals surface area contributed by atoms with E-state index >= 15 is 0 Å². The largest absolute Gasteiger partial charge is 0.310 e. The molecule has 33 heavy (non-hydrogen) atoms. The van der Waals surface area contributed by atoms with Crippen LogP contribution in [0, 0.1) is 12.7 Å². The van der Waals surface area contributed by atoms with Crippen LogP contribution in [0.4, 0.5) is 10.1 Å². The first-order valence-electron chi connectivity index (χ1n) is 11.0. The molecular weight excluding hydrogens is 435 g/mol. The van der Waals surface area contributed by atoms with E-state index < -0.39 is 10.7 Å². The summed E-state index contributed by atoms with van der Waals surface area (Å²) in [6, 6.07) is 21.4. The van der Waals surface area contributed by atoms with E-state index in [2.05, 4.69) is 13.8 Å². The molecule has 1 spiro atoms. The molecule has 2 amide bonds. The van der Waals surface area contributed by atoms with Crippen molar-refractivity contribution in [3.8, 4) is 0 Å². The predicted molar refractivity (Wildman–Crippen MR) is 130 cm³/mol. The molecule has 3 aromatic rings. The van der Waals surface area contributed by atoms with Crippen LogP contribution in [0.5, 0.6) is 0 Å². The SMILES string of the molecule is Cc1ccc2c(c1)C1(SC(C)(C)CN1C(=O)c1ccc(F)cc1)C(=O)N2Cc1ccccc1. The summed E-state index contributed by atoms with van der Waals surface area (Å²) >= 11 is 1.53. The average Bonchev–Trinajstić information content (AvgIpc) is 3.20. The van der Waals surface area contributed by atoms with Crippen molar-refractivity contribution in [1.29, 1.82) is 0 Å². The maximum absolute atomic E-state index is 14.2. The van der Waals surface area contributed by atoms with Gasteiger partial charge < -0.3 is 9.80 Å². The maximum atomic E-state index is 14.2. The topological polar surface area (TPSA) is 40.6 Å². The van der Waals surface area contributed by atoms with Crippen LogP contribution >= 0.6 is 11.8 Å². The third-order valence-electron chi connectivity index (χ3n) is 6.21. The number of halogens is 1. The minimum Gasteiger partial charge on any atom is -0.310 e. The second-order valence-electron chi connectivity index (χ2n) is 9.30. The van der Waals surface area contributed by atoms with Crippen molar-refractivity contribution in [3.63, 3.8) is 0 Å². The molecule has 1 unspecified atom stereocenters. The van der Waals surface area contributed by atoms with E-state index in [0.717, 1.165) is 22.4 Å². The van der Waals surface area contributed by atoms with Gasteiger partial charge in [-0.15, -0.1) is 11.8 Å². The Bertz CT molecular complexity index is 1240. The van der Waals surface area contributed by atoms with Crippen molar-refractivity contribution < 1.29 is 14.0 Å². The average molecular weight is 461 g/mol. The lowest BCUT2D eigenvalue weighted by molar-refractivity contribution is -0.123. The number of carbonyl (C=O) groups excluding carboxylic acids is 2. The number of amides is 2. The molecule has 2 aliphatic heterocycles. The smallest absolute Gasteiger partial charge is 0.268 e. The highest BCUT2D eigenvalue weighted by Gasteiger charge is 2.63. The molecule has 2 heterocycles. The first-order chi connectivity index (χ1) is 15.7. The summed E-state index contributed by atoms with van der Waals surface area (Å²) in [7, 11) is 0. The van der Waals surface area contributed by atoms with Crippen LogP contribution < -0.4 is 4.90 Å². The lowest BCUT2D eigenvalue weighted by Crippen LogP contribution is -2.50. The Morgan fingerprint density at radius 1 is 1.03 bits per heavy atom. The van der Waals surface area contributed by atoms with Crippen LogP contribution in [0.15, 0.2) is 72.8 Å². The van der Waals surface area contributed by atoms with Crippen LogP contribution in [0.2, 0.25) is 0 Å². The van der Waals surface area contributed by atoms with E-state index in [1.54, 1.807) is 9.80 Å². The highest BCUT2D eigenvalue weighted by atomic mass is 32.2. The van der Waals surface area contributed by atoms with Crippen molar-refractivity contribution in [2.45, 2.75) is 36.9 Å². The summed E-state index contributed by atoms with van der Waals surface area (Å²) in [4.78, 5) is 30.3. The number of rotatable bonds is 3. The second-order valence-corrected chi connectivity index (χ2v) is 11.2. The number of hydrogen-bond donors (Lipinski definition) is 0. The van der Waals surface area contributed by atoms with Gasteiger partial charge in [-0.25, -0.2) is 4.39 Å². The second kappa shape index (κ2) is 7.73. The number of thioether (sulfide) groups is 1. The van der Waals surface area contributed by atoms with Crippen molar-refractivity contribution in [3.05, 3.63) is 101 Å². The Hall–Kier alpha value is -3.12. The molecule has 5 rings (SSSR count). The number of hydrogen-bond acceptors (Lipinski definition) is 3. The zero-order valence-electron chi connectivity index (χ0n) is 18.8. The van der Waals surface area contributed by atoms with Gasteiger partial charge in [0.2, 0.25) is 0 Å². The van der Waals surface area contributed by atoms with Crippen molar-refractivity contribution in [2.24, 2.45) is 0 Å². The van der Waals surface area contributed by atoms with Gasteiger partial charge in [0.15, 0.2) is 4.87 Å². The van der Waals surface area contributed by atoms with Gasteiger partial charge in [0.25, 0.3) is 11.8 Å². The van der Waals surface area contributed by atoms with E-state index in [-0.39, 0.29) is 16.6 Å². The monoisotopic (exact) mass is 460 g/mol. The Labute approximate surface area is 197 Å². The normalized spacial score (nSPS) is 21.0. The van der Waals surface area contributed by atoms with Gasteiger partial charge in [0, 0.05) is 22.4 Å². The van der Waals surface area contributed by atoms with Crippen LogP contribution in [0.1, 0.15) is 40.9 Å². The van der Waals surface area contributed by atoms with E-state index in [1.165, 1.54) is 36.0 Å². The lowest BCUT2D eigenvalue weighted by atomic mass is 10.0. The maximum Gasteiger partial charge on any atom is 0.268 e.